The molecule has 0 aliphatic carbocycles. The van der Waals surface area contributed by atoms with Crippen LogP contribution in [0.1, 0.15) is 17.0 Å². The first-order valence-electron chi connectivity index (χ1n) is 9.47. The molecule has 3 aromatic heterocycles. The van der Waals surface area contributed by atoms with Gasteiger partial charge in [0.15, 0.2) is 17.2 Å². The standard InChI is InChI=1S/C23H22N4O3/c1-13-9-21(22(27-15(13)3)17-8-6-7-14(2)26-17)30-23-16-10-19(28-4)20(29-5)11-18(16)24-12-25-23/h6-12H,1-5H3. The minimum absolute atomic E-state index is 0.403. The second-order valence-corrected chi connectivity index (χ2v) is 6.91. The summed E-state index contributed by atoms with van der Waals surface area (Å²) in [6.45, 7) is 5.91. The fourth-order valence-electron chi connectivity index (χ4n) is 3.16. The van der Waals surface area contributed by atoms with Crippen LogP contribution >= 0.6 is 0 Å². The van der Waals surface area contributed by atoms with Gasteiger partial charge in [-0.2, -0.15) is 0 Å². The van der Waals surface area contributed by atoms with Crippen LogP contribution in [0, 0.1) is 20.8 Å². The molecule has 0 N–H and O–H groups in total. The van der Waals surface area contributed by atoms with Gasteiger partial charge in [-0.25, -0.2) is 15.0 Å². The number of methoxy groups -OCH3 is 2. The van der Waals surface area contributed by atoms with E-state index in [2.05, 4.69) is 15.0 Å². The number of rotatable bonds is 5. The maximum absolute atomic E-state index is 6.28. The number of hydrogen-bond acceptors (Lipinski definition) is 7. The van der Waals surface area contributed by atoms with Gasteiger partial charge in [-0.05, 0) is 50.6 Å². The Hall–Kier alpha value is -3.74. The molecule has 1 aromatic carbocycles. The van der Waals surface area contributed by atoms with E-state index in [0.717, 1.165) is 22.6 Å². The van der Waals surface area contributed by atoms with Gasteiger partial charge in [0.2, 0.25) is 5.88 Å². The number of fused-ring (bicyclic) bond motifs is 1. The molecule has 0 fully saturated rings. The SMILES string of the molecule is COc1cc2ncnc(Oc3cc(C)c(C)nc3-c3cccc(C)n3)c2cc1OC. The van der Waals surface area contributed by atoms with Crippen LogP contribution in [-0.2, 0) is 0 Å². The normalized spacial score (nSPS) is 10.8. The number of ether oxygens (including phenoxy) is 3. The lowest BCUT2D eigenvalue weighted by Gasteiger charge is -2.14. The van der Waals surface area contributed by atoms with Crippen molar-refractivity contribution in [3.63, 3.8) is 0 Å². The highest BCUT2D eigenvalue weighted by Gasteiger charge is 2.17. The Kier molecular flexibility index (Phi) is 5.18. The van der Waals surface area contributed by atoms with Crippen molar-refractivity contribution in [3.05, 3.63) is 59.7 Å². The van der Waals surface area contributed by atoms with Crippen LogP contribution in [0.4, 0.5) is 0 Å². The largest absolute Gasteiger partial charge is 0.493 e. The van der Waals surface area contributed by atoms with E-state index in [1.165, 1.54) is 6.33 Å². The van der Waals surface area contributed by atoms with Gasteiger partial charge < -0.3 is 14.2 Å². The van der Waals surface area contributed by atoms with Crippen LogP contribution in [0.2, 0.25) is 0 Å². The molecule has 0 unspecified atom stereocenters. The van der Waals surface area contributed by atoms with E-state index in [1.807, 2.05) is 51.1 Å². The molecular weight excluding hydrogens is 380 g/mol. The molecule has 0 atom stereocenters. The van der Waals surface area contributed by atoms with Gasteiger partial charge in [-0.1, -0.05) is 6.07 Å². The molecule has 4 rings (SSSR count). The highest BCUT2D eigenvalue weighted by molar-refractivity contribution is 5.87. The van der Waals surface area contributed by atoms with Gasteiger partial charge in [0.1, 0.15) is 12.0 Å². The van der Waals surface area contributed by atoms with Crippen molar-refractivity contribution in [2.45, 2.75) is 20.8 Å². The predicted molar refractivity (Wildman–Crippen MR) is 114 cm³/mol. The smallest absolute Gasteiger partial charge is 0.230 e. The summed E-state index contributed by atoms with van der Waals surface area (Å²) in [7, 11) is 3.17. The Morgan fingerprint density at radius 2 is 1.57 bits per heavy atom. The Labute approximate surface area is 174 Å². The molecule has 7 nitrogen and oxygen atoms in total. The Balaban J connectivity index is 1.87. The summed E-state index contributed by atoms with van der Waals surface area (Å²) < 4.78 is 17.1. The average Bonchev–Trinajstić information content (AvgIpc) is 2.75. The molecule has 152 valence electrons. The highest BCUT2D eigenvalue weighted by Crippen LogP contribution is 2.38. The summed E-state index contributed by atoms with van der Waals surface area (Å²) in [5, 5.41) is 0.705. The number of nitrogens with zero attached hydrogens (tertiary/aromatic N) is 4. The molecule has 0 aliphatic rings. The van der Waals surface area contributed by atoms with Crippen LogP contribution in [0.3, 0.4) is 0 Å². The van der Waals surface area contributed by atoms with Crippen molar-refractivity contribution in [2.75, 3.05) is 14.2 Å². The van der Waals surface area contributed by atoms with Gasteiger partial charge >= 0.3 is 0 Å². The minimum Gasteiger partial charge on any atom is -0.493 e. The van der Waals surface area contributed by atoms with E-state index >= 15 is 0 Å². The van der Waals surface area contributed by atoms with E-state index in [0.29, 0.717) is 39.7 Å². The second-order valence-electron chi connectivity index (χ2n) is 6.91. The maximum atomic E-state index is 6.28. The maximum Gasteiger partial charge on any atom is 0.230 e. The molecule has 0 amide bonds. The Morgan fingerprint density at radius 1 is 0.800 bits per heavy atom. The zero-order chi connectivity index (χ0) is 21.3. The molecule has 0 aliphatic heterocycles. The third-order valence-corrected chi connectivity index (χ3v) is 4.87. The molecule has 0 spiro atoms. The second kappa shape index (κ2) is 7.94. The van der Waals surface area contributed by atoms with Crippen LogP contribution in [0.25, 0.3) is 22.3 Å². The quantitative estimate of drug-likeness (QED) is 0.473. The zero-order valence-corrected chi connectivity index (χ0v) is 17.6. The monoisotopic (exact) mass is 402 g/mol. The van der Waals surface area contributed by atoms with E-state index in [1.54, 1.807) is 20.3 Å². The third kappa shape index (κ3) is 3.61. The molecule has 4 aromatic rings. The van der Waals surface area contributed by atoms with Gasteiger partial charge in [0.05, 0.1) is 30.8 Å². The van der Waals surface area contributed by atoms with Crippen molar-refractivity contribution in [3.8, 4) is 34.5 Å². The topological polar surface area (TPSA) is 79.3 Å². The summed E-state index contributed by atoms with van der Waals surface area (Å²) in [4.78, 5) is 18.1. The fourth-order valence-corrected chi connectivity index (χ4v) is 3.16. The van der Waals surface area contributed by atoms with Gasteiger partial charge in [0.25, 0.3) is 0 Å². The number of aromatic nitrogens is 4. The van der Waals surface area contributed by atoms with Crippen LogP contribution < -0.4 is 14.2 Å². The minimum atomic E-state index is 0.403. The van der Waals surface area contributed by atoms with Gasteiger partial charge in [-0.15, -0.1) is 0 Å². The van der Waals surface area contributed by atoms with E-state index < -0.39 is 0 Å². The molecule has 0 saturated carbocycles. The lowest BCUT2D eigenvalue weighted by atomic mass is 10.1. The van der Waals surface area contributed by atoms with Crippen molar-refractivity contribution < 1.29 is 14.2 Å². The van der Waals surface area contributed by atoms with Gasteiger partial charge in [0, 0.05) is 17.5 Å². The number of hydrogen-bond donors (Lipinski definition) is 0. The summed E-state index contributed by atoms with van der Waals surface area (Å²) in [6.07, 6.45) is 1.46. The lowest BCUT2D eigenvalue weighted by molar-refractivity contribution is 0.355. The summed E-state index contributed by atoms with van der Waals surface area (Å²) in [6, 6.07) is 11.4. The number of aryl methyl sites for hydroxylation is 3. The summed E-state index contributed by atoms with van der Waals surface area (Å²) >= 11 is 0. The summed E-state index contributed by atoms with van der Waals surface area (Å²) in [5.74, 6) is 2.14. The molecule has 30 heavy (non-hydrogen) atoms. The zero-order valence-electron chi connectivity index (χ0n) is 17.6. The third-order valence-electron chi connectivity index (χ3n) is 4.87. The molecule has 3 heterocycles. The number of benzene rings is 1. The van der Waals surface area contributed by atoms with Crippen molar-refractivity contribution in [1.29, 1.82) is 0 Å². The van der Waals surface area contributed by atoms with E-state index in [9.17, 15) is 0 Å². The fraction of sp³-hybridized carbons (Fsp3) is 0.217. The molecule has 0 bridgehead atoms. The van der Waals surface area contributed by atoms with Crippen LogP contribution in [-0.4, -0.2) is 34.2 Å². The van der Waals surface area contributed by atoms with E-state index in [4.69, 9.17) is 19.2 Å². The first kappa shape index (κ1) is 19.6. The molecule has 7 heteroatoms. The lowest BCUT2D eigenvalue weighted by Crippen LogP contribution is -2.00. The highest BCUT2D eigenvalue weighted by atomic mass is 16.5. The number of pyridine rings is 2. The Morgan fingerprint density at radius 3 is 2.30 bits per heavy atom. The first-order valence-corrected chi connectivity index (χ1v) is 9.47. The van der Waals surface area contributed by atoms with Crippen molar-refractivity contribution >= 4 is 10.9 Å². The van der Waals surface area contributed by atoms with Crippen molar-refractivity contribution in [2.24, 2.45) is 0 Å². The molecule has 0 radical (unpaired) electrons. The summed E-state index contributed by atoms with van der Waals surface area (Å²) in [5.41, 5.74) is 4.92. The average molecular weight is 402 g/mol. The molecule has 0 saturated heterocycles. The van der Waals surface area contributed by atoms with Crippen LogP contribution in [0.15, 0.2) is 42.7 Å². The van der Waals surface area contributed by atoms with Crippen molar-refractivity contribution in [1.82, 2.24) is 19.9 Å². The van der Waals surface area contributed by atoms with Gasteiger partial charge in [-0.3, -0.25) is 4.98 Å². The first-order chi connectivity index (χ1) is 14.5. The van der Waals surface area contributed by atoms with E-state index in [-0.39, 0.29) is 0 Å². The predicted octanol–water partition coefficient (Wildman–Crippen LogP) is 4.82. The van der Waals surface area contributed by atoms with Crippen LogP contribution in [0.5, 0.6) is 23.1 Å². The molecular formula is C23H22N4O3. The Bertz CT molecular complexity index is 1240.